The van der Waals surface area contributed by atoms with Crippen LogP contribution in [-0.2, 0) is 4.79 Å². The average molecular weight is 319 g/mol. The molecule has 3 rings (SSSR count). The van der Waals surface area contributed by atoms with Crippen LogP contribution < -0.4 is 0 Å². The maximum atomic E-state index is 12.6. The van der Waals surface area contributed by atoms with Crippen molar-refractivity contribution in [2.75, 3.05) is 26.2 Å². The van der Waals surface area contributed by atoms with Crippen molar-refractivity contribution in [2.45, 2.75) is 46.0 Å². The summed E-state index contributed by atoms with van der Waals surface area (Å²) in [7, 11) is 0. The molecule has 1 saturated carbocycles. The molecule has 23 heavy (non-hydrogen) atoms. The van der Waals surface area contributed by atoms with E-state index in [1.54, 1.807) is 18.7 Å². The van der Waals surface area contributed by atoms with Crippen molar-refractivity contribution >= 4 is 11.8 Å². The zero-order chi connectivity index (χ0) is 16.4. The first-order chi connectivity index (χ1) is 11.1. The molecule has 6 nitrogen and oxygen atoms in total. The van der Waals surface area contributed by atoms with Crippen molar-refractivity contribution in [2.24, 2.45) is 5.92 Å². The van der Waals surface area contributed by atoms with Gasteiger partial charge in [-0.2, -0.15) is 0 Å². The lowest BCUT2D eigenvalue weighted by Crippen LogP contribution is -2.52. The summed E-state index contributed by atoms with van der Waals surface area (Å²) in [6.07, 6.45) is 5.64. The van der Waals surface area contributed by atoms with Crippen LogP contribution >= 0.6 is 0 Å². The van der Waals surface area contributed by atoms with Crippen molar-refractivity contribution in [3.63, 3.8) is 0 Å². The van der Waals surface area contributed by atoms with Gasteiger partial charge in [-0.1, -0.05) is 24.4 Å². The number of carbonyl (C=O) groups is 2. The summed E-state index contributed by atoms with van der Waals surface area (Å²) < 4.78 is 5.08. The molecule has 1 aromatic heterocycles. The van der Waals surface area contributed by atoms with Crippen LogP contribution in [0.3, 0.4) is 0 Å². The maximum absolute atomic E-state index is 12.6. The highest BCUT2D eigenvalue weighted by Crippen LogP contribution is 2.26. The molecule has 0 bridgehead atoms. The summed E-state index contributed by atoms with van der Waals surface area (Å²) in [5.41, 5.74) is 1.20. The molecule has 0 radical (unpaired) electrons. The van der Waals surface area contributed by atoms with Crippen molar-refractivity contribution in [3.05, 3.63) is 17.0 Å². The molecule has 0 spiro atoms. The second kappa shape index (κ2) is 6.72. The average Bonchev–Trinajstić information content (AvgIpc) is 2.93. The second-order valence-corrected chi connectivity index (χ2v) is 6.65. The molecular weight excluding hydrogens is 294 g/mol. The van der Waals surface area contributed by atoms with Gasteiger partial charge < -0.3 is 14.3 Å². The van der Waals surface area contributed by atoms with Gasteiger partial charge in [0.05, 0.1) is 5.69 Å². The van der Waals surface area contributed by atoms with Crippen LogP contribution in [0.1, 0.15) is 53.9 Å². The SMILES string of the molecule is Cc1noc(C)c1C(=O)N1CCN(C(=O)C2CCCCC2)CC1. The lowest BCUT2D eigenvalue weighted by atomic mass is 9.88. The molecule has 0 N–H and O–H groups in total. The minimum absolute atomic E-state index is 0.0361. The van der Waals surface area contributed by atoms with E-state index in [4.69, 9.17) is 4.52 Å². The second-order valence-electron chi connectivity index (χ2n) is 6.65. The summed E-state index contributed by atoms with van der Waals surface area (Å²) in [5.74, 6) is 1.02. The lowest BCUT2D eigenvalue weighted by Gasteiger charge is -2.37. The molecule has 2 heterocycles. The Labute approximate surface area is 136 Å². The molecular formula is C17H25N3O3. The normalized spacial score (nSPS) is 19.9. The van der Waals surface area contributed by atoms with Crippen molar-refractivity contribution < 1.29 is 14.1 Å². The highest BCUT2D eigenvalue weighted by molar-refractivity contribution is 5.96. The fraction of sp³-hybridized carbons (Fsp3) is 0.706. The Morgan fingerprint density at radius 3 is 2.17 bits per heavy atom. The van der Waals surface area contributed by atoms with Crippen LogP contribution in [0, 0.1) is 19.8 Å². The Morgan fingerprint density at radius 1 is 1.00 bits per heavy atom. The van der Waals surface area contributed by atoms with Gasteiger partial charge in [-0.05, 0) is 26.7 Å². The van der Waals surface area contributed by atoms with Crippen molar-refractivity contribution in [3.8, 4) is 0 Å². The van der Waals surface area contributed by atoms with Crippen molar-refractivity contribution in [1.29, 1.82) is 0 Å². The van der Waals surface area contributed by atoms with Gasteiger partial charge in [0.2, 0.25) is 5.91 Å². The number of carbonyl (C=O) groups excluding carboxylic acids is 2. The highest BCUT2D eigenvalue weighted by Gasteiger charge is 2.31. The number of aryl methyl sites for hydroxylation is 2. The Bertz CT molecular complexity index is 562. The van der Waals surface area contributed by atoms with Gasteiger partial charge in [0, 0.05) is 32.1 Å². The predicted molar refractivity (Wildman–Crippen MR) is 85.0 cm³/mol. The zero-order valence-corrected chi connectivity index (χ0v) is 14.0. The predicted octanol–water partition coefficient (Wildman–Crippen LogP) is 2.16. The Hall–Kier alpha value is -1.85. The molecule has 1 saturated heterocycles. The lowest BCUT2D eigenvalue weighted by molar-refractivity contribution is -0.138. The highest BCUT2D eigenvalue weighted by atomic mass is 16.5. The van der Waals surface area contributed by atoms with Gasteiger partial charge in [-0.25, -0.2) is 0 Å². The number of nitrogens with zero attached hydrogens (tertiary/aromatic N) is 3. The van der Waals surface area contributed by atoms with Crippen LogP contribution in [0.15, 0.2) is 4.52 Å². The van der Waals surface area contributed by atoms with Gasteiger partial charge in [-0.15, -0.1) is 0 Å². The maximum Gasteiger partial charge on any atom is 0.259 e. The van der Waals surface area contributed by atoms with E-state index in [0.717, 1.165) is 12.8 Å². The third-order valence-corrected chi connectivity index (χ3v) is 5.08. The van der Waals surface area contributed by atoms with E-state index in [-0.39, 0.29) is 17.7 Å². The van der Waals surface area contributed by atoms with E-state index >= 15 is 0 Å². The topological polar surface area (TPSA) is 66.7 Å². The van der Waals surface area contributed by atoms with E-state index in [9.17, 15) is 9.59 Å². The van der Waals surface area contributed by atoms with Gasteiger partial charge in [0.25, 0.3) is 5.91 Å². The van der Waals surface area contributed by atoms with Gasteiger partial charge in [0.15, 0.2) is 0 Å². The molecule has 0 aromatic carbocycles. The van der Waals surface area contributed by atoms with E-state index < -0.39 is 0 Å². The molecule has 6 heteroatoms. The Balaban J connectivity index is 1.58. The molecule has 2 amide bonds. The van der Waals surface area contributed by atoms with Crippen LogP contribution in [0.2, 0.25) is 0 Å². The van der Waals surface area contributed by atoms with Crippen LogP contribution in [-0.4, -0.2) is 52.9 Å². The molecule has 1 aliphatic carbocycles. The molecule has 1 aliphatic heterocycles. The number of hydrogen-bond donors (Lipinski definition) is 0. The quantitative estimate of drug-likeness (QED) is 0.838. The first kappa shape index (κ1) is 16.0. The summed E-state index contributed by atoms with van der Waals surface area (Å²) in [6, 6.07) is 0. The van der Waals surface area contributed by atoms with Crippen molar-refractivity contribution in [1.82, 2.24) is 15.0 Å². The molecule has 0 unspecified atom stereocenters. The number of amides is 2. The zero-order valence-electron chi connectivity index (χ0n) is 14.0. The number of piperazine rings is 1. The monoisotopic (exact) mass is 319 g/mol. The number of rotatable bonds is 2. The van der Waals surface area contributed by atoms with E-state index in [0.29, 0.717) is 43.2 Å². The largest absolute Gasteiger partial charge is 0.361 e. The summed E-state index contributed by atoms with van der Waals surface area (Å²) >= 11 is 0. The van der Waals surface area contributed by atoms with E-state index in [1.165, 1.54) is 19.3 Å². The minimum atomic E-state index is -0.0361. The Morgan fingerprint density at radius 2 is 1.61 bits per heavy atom. The molecule has 2 fully saturated rings. The molecule has 1 aromatic rings. The van der Waals surface area contributed by atoms with E-state index in [2.05, 4.69) is 5.16 Å². The van der Waals surface area contributed by atoms with Gasteiger partial charge in [-0.3, -0.25) is 9.59 Å². The number of hydrogen-bond acceptors (Lipinski definition) is 4. The summed E-state index contributed by atoms with van der Waals surface area (Å²) in [5, 5.41) is 3.85. The van der Waals surface area contributed by atoms with Crippen LogP contribution in [0.4, 0.5) is 0 Å². The summed E-state index contributed by atoms with van der Waals surface area (Å²) in [6.45, 7) is 5.97. The third-order valence-electron chi connectivity index (χ3n) is 5.08. The van der Waals surface area contributed by atoms with Gasteiger partial charge in [0.1, 0.15) is 11.3 Å². The van der Waals surface area contributed by atoms with E-state index in [1.807, 2.05) is 4.90 Å². The third kappa shape index (κ3) is 3.26. The first-order valence-electron chi connectivity index (χ1n) is 8.59. The van der Waals surface area contributed by atoms with Gasteiger partial charge >= 0.3 is 0 Å². The standard InChI is InChI=1S/C17H25N3O3/c1-12-15(13(2)23-18-12)17(22)20-10-8-19(9-11-20)16(21)14-6-4-3-5-7-14/h14H,3-11H2,1-2H3. The van der Waals surface area contributed by atoms with Crippen LogP contribution in [0.5, 0.6) is 0 Å². The van der Waals surface area contributed by atoms with Crippen LogP contribution in [0.25, 0.3) is 0 Å². The summed E-state index contributed by atoms with van der Waals surface area (Å²) in [4.78, 5) is 28.9. The molecule has 2 aliphatic rings. The molecule has 0 atom stereocenters. The fourth-order valence-corrected chi connectivity index (χ4v) is 3.68. The molecule has 126 valence electrons. The Kier molecular flexibility index (Phi) is 4.68. The number of aromatic nitrogens is 1. The first-order valence-corrected chi connectivity index (χ1v) is 8.59. The fourth-order valence-electron chi connectivity index (χ4n) is 3.68. The minimum Gasteiger partial charge on any atom is -0.361 e. The smallest absolute Gasteiger partial charge is 0.259 e.